The summed E-state index contributed by atoms with van der Waals surface area (Å²) in [6.45, 7) is 0. The molecule has 2 aromatic rings. The van der Waals surface area contributed by atoms with E-state index >= 15 is 0 Å². The molecule has 0 aliphatic carbocycles. The highest BCUT2D eigenvalue weighted by atomic mass is 35.5. The fraction of sp³-hybridized carbons (Fsp3) is 0.143. The number of hydrogen-bond acceptors (Lipinski definition) is 0. The van der Waals surface area contributed by atoms with Crippen LogP contribution in [0.3, 0.4) is 0 Å². The first kappa shape index (κ1) is 15.2. The van der Waals surface area contributed by atoms with Gasteiger partial charge in [0.2, 0.25) is 0 Å². The van der Waals surface area contributed by atoms with E-state index in [4.69, 9.17) is 0 Å². The van der Waals surface area contributed by atoms with Gasteiger partial charge >= 0.3 is 10.6 Å². The average molecular weight is 322 g/mol. The summed E-state index contributed by atoms with van der Waals surface area (Å²) in [6, 6.07) is 15.0. The molecule has 6 heteroatoms. The number of halogens is 5. The van der Waals surface area contributed by atoms with Crippen molar-refractivity contribution >= 4 is 22.5 Å². The summed E-state index contributed by atoms with van der Waals surface area (Å²) >= 11 is 4.64. The normalized spacial score (nSPS) is 12.7. The number of rotatable bonds is 4. The first-order chi connectivity index (χ1) is 9.34. The van der Waals surface area contributed by atoms with Gasteiger partial charge in [-0.3, -0.25) is 0 Å². The SMILES string of the molecule is FC(F)(Cl)C(F)(F)[S+](c1ccccc1)c1ccccc1. The van der Waals surface area contributed by atoms with Crippen LogP contribution in [0.25, 0.3) is 0 Å². The lowest BCUT2D eigenvalue weighted by Gasteiger charge is -2.20. The molecule has 0 saturated heterocycles. The largest absolute Gasteiger partial charge is 0.499 e. The molecule has 0 heterocycles. The van der Waals surface area contributed by atoms with Gasteiger partial charge in [0.05, 0.1) is 0 Å². The Kier molecular flexibility index (Phi) is 4.30. The van der Waals surface area contributed by atoms with E-state index in [9.17, 15) is 17.6 Å². The van der Waals surface area contributed by atoms with Crippen LogP contribution < -0.4 is 0 Å². The summed E-state index contributed by atoms with van der Waals surface area (Å²) in [4.78, 5) is 0.230. The van der Waals surface area contributed by atoms with Crippen LogP contribution in [0, 0.1) is 0 Å². The molecule has 0 saturated carbocycles. The van der Waals surface area contributed by atoms with Crippen LogP contribution in [0.5, 0.6) is 0 Å². The van der Waals surface area contributed by atoms with Gasteiger partial charge in [0, 0.05) is 0 Å². The Hall–Kier alpha value is -1.20. The summed E-state index contributed by atoms with van der Waals surface area (Å²) in [6.07, 6.45) is 0. The minimum Gasteiger partial charge on any atom is -0.175 e. The summed E-state index contributed by atoms with van der Waals surface area (Å²) < 4.78 is 54.5. The van der Waals surface area contributed by atoms with Crippen molar-refractivity contribution in [3.8, 4) is 0 Å². The molecule has 0 atom stereocenters. The quantitative estimate of drug-likeness (QED) is 0.415. The lowest BCUT2D eigenvalue weighted by Crippen LogP contribution is -2.43. The Labute approximate surface area is 121 Å². The number of benzene rings is 2. The molecule has 0 nitrogen and oxygen atoms in total. The van der Waals surface area contributed by atoms with Gasteiger partial charge in [-0.05, 0) is 35.9 Å². The molecule has 106 valence electrons. The van der Waals surface area contributed by atoms with E-state index < -0.39 is 21.5 Å². The minimum atomic E-state index is -4.62. The van der Waals surface area contributed by atoms with E-state index in [1.165, 1.54) is 48.5 Å². The standard InChI is InChI=1S/C14H10ClF4S/c15-13(16,17)14(18,19)20(11-7-3-1-4-8-11)12-9-5-2-6-10-12/h1-10H/q+1. The van der Waals surface area contributed by atoms with Crippen molar-refractivity contribution in [2.24, 2.45) is 0 Å². The second-order valence-corrected chi connectivity index (χ2v) is 6.49. The molecule has 0 bridgehead atoms. The molecule has 0 amide bonds. The van der Waals surface area contributed by atoms with Crippen LogP contribution in [-0.4, -0.2) is 10.6 Å². The molecular weight excluding hydrogens is 312 g/mol. The van der Waals surface area contributed by atoms with E-state index in [2.05, 4.69) is 11.6 Å². The van der Waals surface area contributed by atoms with Crippen molar-refractivity contribution in [3.63, 3.8) is 0 Å². The van der Waals surface area contributed by atoms with E-state index in [-0.39, 0.29) is 9.79 Å². The van der Waals surface area contributed by atoms with Crippen molar-refractivity contribution in [2.75, 3.05) is 0 Å². The summed E-state index contributed by atoms with van der Waals surface area (Å²) in [5.41, 5.74) is 0. The molecule has 0 aliphatic rings. The molecule has 0 unspecified atom stereocenters. The van der Waals surface area contributed by atoms with Crippen LogP contribution in [-0.2, 0) is 10.9 Å². The number of hydrogen-bond donors (Lipinski definition) is 0. The van der Waals surface area contributed by atoms with Crippen LogP contribution >= 0.6 is 11.6 Å². The Morgan fingerprint density at radius 3 is 1.35 bits per heavy atom. The highest BCUT2D eigenvalue weighted by Gasteiger charge is 2.70. The number of alkyl halides is 5. The summed E-state index contributed by atoms with van der Waals surface area (Å²) in [7, 11) is -2.15. The van der Waals surface area contributed by atoms with Crippen molar-refractivity contribution in [2.45, 2.75) is 20.4 Å². The molecule has 20 heavy (non-hydrogen) atoms. The lowest BCUT2D eigenvalue weighted by atomic mass is 10.4. The molecule has 0 aromatic heterocycles. The van der Waals surface area contributed by atoms with Gasteiger partial charge in [-0.25, -0.2) is 0 Å². The van der Waals surface area contributed by atoms with Crippen molar-refractivity contribution in [1.29, 1.82) is 0 Å². The van der Waals surface area contributed by atoms with Crippen LogP contribution in [0.15, 0.2) is 70.5 Å². The minimum absolute atomic E-state index is 0.115. The van der Waals surface area contributed by atoms with E-state index in [0.717, 1.165) is 0 Å². The van der Waals surface area contributed by atoms with Gasteiger partial charge in [0.15, 0.2) is 9.79 Å². The maximum absolute atomic E-state index is 14.1. The van der Waals surface area contributed by atoms with Gasteiger partial charge < -0.3 is 0 Å². The van der Waals surface area contributed by atoms with Gasteiger partial charge in [-0.2, -0.15) is 8.78 Å². The third-order valence-corrected chi connectivity index (χ3v) is 5.15. The topological polar surface area (TPSA) is 0 Å². The smallest absolute Gasteiger partial charge is 0.175 e. The zero-order chi connectivity index (χ0) is 14.8. The summed E-state index contributed by atoms with van der Waals surface area (Å²) in [5, 5.41) is -9.00. The molecule has 0 N–H and O–H groups in total. The highest BCUT2D eigenvalue weighted by molar-refractivity contribution is 7.98. The monoisotopic (exact) mass is 321 g/mol. The van der Waals surface area contributed by atoms with Crippen LogP contribution in [0.4, 0.5) is 17.6 Å². The Morgan fingerprint density at radius 1 is 0.700 bits per heavy atom. The fourth-order valence-corrected chi connectivity index (χ4v) is 3.85. The molecule has 0 spiro atoms. The third-order valence-electron chi connectivity index (χ3n) is 2.54. The van der Waals surface area contributed by atoms with Crippen molar-refractivity contribution < 1.29 is 17.6 Å². The first-order valence-electron chi connectivity index (χ1n) is 5.63. The lowest BCUT2D eigenvalue weighted by molar-refractivity contribution is -0.0925. The Balaban J connectivity index is 2.57. The molecular formula is C14H10ClF4S+. The second kappa shape index (κ2) is 5.66. The zero-order valence-corrected chi connectivity index (χ0v) is 11.6. The maximum atomic E-state index is 14.1. The van der Waals surface area contributed by atoms with Gasteiger partial charge in [-0.15, -0.1) is 8.78 Å². The molecule has 0 radical (unpaired) electrons. The van der Waals surface area contributed by atoms with Gasteiger partial charge in [0.1, 0.15) is 10.9 Å². The van der Waals surface area contributed by atoms with Crippen molar-refractivity contribution in [1.82, 2.24) is 0 Å². The second-order valence-electron chi connectivity index (χ2n) is 3.95. The summed E-state index contributed by atoms with van der Waals surface area (Å²) in [5.74, 6) is 0. The van der Waals surface area contributed by atoms with E-state index in [1.807, 2.05) is 0 Å². The Bertz CT molecular complexity index is 515. The van der Waals surface area contributed by atoms with E-state index in [0.29, 0.717) is 0 Å². The van der Waals surface area contributed by atoms with E-state index in [1.54, 1.807) is 12.1 Å². The maximum Gasteiger partial charge on any atom is 0.499 e. The predicted octanol–water partition coefficient (Wildman–Crippen LogP) is 5.15. The van der Waals surface area contributed by atoms with Crippen LogP contribution in [0.2, 0.25) is 0 Å². The molecule has 2 aromatic carbocycles. The zero-order valence-electron chi connectivity index (χ0n) is 10.1. The molecule has 0 aliphatic heterocycles. The van der Waals surface area contributed by atoms with Crippen molar-refractivity contribution in [3.05, 3.63) is 60.7 Å². The Morgan fingerprint density at radius 2 is 1.05 bits per heavy atom. The predicted molar refractivity (Wildman–Crippen MR) is 72.5 cm³/mol. The molecule has 2 rings (SSSR count). The van der Waals surface area contributed by atoms with Crippen LogP contribution in [0.1, 0.15) is 0 Å². The van der Waals surface area contributed by atoms with Gasteiger partial charge in [0.25, 0.3) is 0 Å². The first-order valence-corrected chi connectivity index (χ1v) is 7.23. The molecule has 0 fully saturated rings. The van der Waals surface area contributed by atoms with Gasteiger partial charge in [-0.1, -0.05) is 36.4 Å². The fourth-order valence-electron chi connectivity index (χ4n) is 1.66. The third kappa shape index (κ3) is 2.94. The average Bonchev–Trinajstić information content (AvgIpc) is 2.40. The highest BCUT2D eigenvalue weighted by Crippen LogP contribution is 2.48.